The third-order valence-electron chi connectivity index (χ3n) is 3.22. The molecule has 0 radical (unpaired) electrons. The van der Waals surface area contributed by atoms with Gasteiger partial charge in [0.1, 0.15) is 11.4 Å². The Kier molecular flexibility index (Phi) is 3.86. The molecule has 0 aliphatic carbocycles. The van der Waals surface area contributed by atoms with Crippen LogP contribution in [0.5, 0.6) is 0 Å². The summed E-state index contributed by atoms with van der Waals surface area (Å²) in [6.07, 6.45) is 0. The molecule has 0 aliphatic rings. The molecule has 2 atom stereocenters. The van der Waals surface area contributed by atoms with Gasteiger partial charge in [-0.2, -0.15) is 0 Å². The van der Waals surface area contributed by atoms with Crippen LogP contribution in [0.25, 0.3) is 10.8 Å². The van der Waals surface area contributed by atoms with Crippen LogP contribution in [0.3, 0.4) is 0 Å². The van der Waals surface area contributed by atoms with E-state index in [1.54, 1.807) is 24.3 Å². The summed E-state index contributed by atoms with van der Waals surface area (Å²) in [6, 6.07) is 7.66. The normalized spacial score (nSPS) is 14.8. The number of hydrogen-bond acceptors (Lipinski definition) is 6. The van der Waals surface area contributed by atoms with Gasteiger partial charge in [0.05, 0.1) is 4.90 Å². The van der Waals surface area contributed by atoms with E-state index in [4.69, 9.17) is 22.3 Å². The van der Waals surface area contributed by atoms with Gasteiger partial charge in [0, 0.05) is 16.5 Å². The Balaban J connectivity index is 2.66. The van der Waals surface area contributed by atoms with Crippen molar-refractivity contribution in [2.24, 2.45) is 11.5 Å². The number of nitrogens with two attached hydrogens (primary N) is 3. The van der Waals surface area contributed by atoms with Crippen molar-refractivity contribution in [3.05, 3.63) is 36.4 Å². The maximum atomic E-state index is 12.5. The van der Waals surface area contributed by atoms with Crippen molar-refractivity contribution >= 4 is 32.3 Å². The van der Waals surface area contributed by atoms with Crippen molar-refractivity contribution < 1.29 is 18.3 Å². The molecule has 2 rings (SSSR count). The zero-order valence-corrected chi connectivity index (χ0v) is 11.7. The molecule has 7 nitrogen and oxygen atoms in total. The molecule has 0 bridgehead atoms. The highest BCUT2D eigenvalue weighted by molar-refractivity contribution is 7.92. The van der Waals surface area contributed by atoms with Gasteiger partial charge in [-0.05, 0) is 12.1 Å². The molecule has 0 aliphatic heterocycles. The third-order valence-corrected chi connectivity index (χ3v) is 5.20. The van der Waals surface area contributed by atoms with E-state index in [1.165, 1.54) is 12.1 Å². The van der Waals surface area contributed by atoms with Crippen LogP contribution in [-0.4, -0.2) is 30.9 Å². The molecule has 0 spiro atoms. The lowest BCUT2D eigenvalue weighted by atomic mass is 10.1. The molecule has 2 unspecified atom stereocenters. The Labute approximate surface area is 121 Å². The molecular weight excluding hydrogens is 294 g/mol. The van der Waals surface area contributed by atoms with Gasteiger partial charge in [-0.1, -0.05) is 24.3 Å². The van der Waals surface area contributed by atoms with E-state index < -0.39 is 27.2 Å². The topological polar surface area (TPSA) is 150 Å². The smallest absolute Gasteiger partial charge is 0.323 e. The number of aliphatic carboxylic acids is 1. The average Bonchev–Trinajstić information content (AvgIpc) is 2.45. The first kappa shape index (κ1) is 15.2. The van der Waals surface area contributed by atoms with Gasteiger partial charge >= 0.3 is 5.97 Å². The second-order valence-corrected chi connectivity index (χ2v) is 6.65. The highest BCUT2D eigenvalue weighted by Gasteiger charge is 2.34. The van der Waals surface area contributed by atoms with Gasteiger partial charge in [0.15, 0.2) is 9.84 Å². The van der Waals surface area contributed by atoms with Crippen LogP contribution in [0, 0.1) is 0 Å². The van der Waals surface area contributed by atoms with Crippen molar-refractivity contribution in [1.82, 2.24) is 0 Å². The van der Waals surface area contributed by atoms with Crippen LogP contribution < -0.4 is 17.2 Å². The van der Waals surface area contributed by atoms with Crippen molar-refractivity contribution in [2.45, 2.75) is 16.3 Å². The second kappa shape index (κ2) is 5.32. The summed E-state index contributed by atoms with van der Waals surface area (Å²) in [5.74, 6) is -1.48. The third kappa shape index (κ3) is 2.56. The maximum absolute atomic E-state index is 12.5. The van der Waals surface area contributed by atoms with Crippen molar-refractivity contribution in [1.29, 1.82) is 0 Å². The van der Waals surface area contributed by atoms with E-state index >= 15 is 0 Å². The van der Waals surface area contributed by atoms with E-state index in [-0.39, 0.29) is 4.90 Å². The molecule has 0 fully saturated rings. The molecule has 0 amide bonds. The quantitative estimate of drug-likeness (QED) is 0.575. The molecule has 2 aromatic rings. The van der Waals surface area contributed by atoms with Crippen LogP contribution in [0.15, 0.2) is 41.3 Å². The van der Waals surface area contributed by atoms with E-state index in [9.17, 15) is 13.2 Å². The number of benzene rings is 2. The number of hydrogen-bond donors (Lipinski definition) is 4. The Morgan fingerprint density at radius 3 is 2.19 bits per heavy atom. The highest BCUT2D eigenvalue weighted by atomic mass is 32.2. The summed E-state index contributed by atoms with van der Waals surface area (Å²) < 4.78 is 25.0. The van der Waals surface area contributed by atoms with Crippen LogP contribution >= 0.6 is 0 Å². The Morgan fingerprint density at radius 1 is 1.05 bits per heavy atom. The van der Waals surface area contributed by atoms with Crippen molar-refractivity contribution in [3.63, 3.8) is 0 Å². The highest BCUT2D eigenvalue weighted by Crippen LogP contribution is 2.29. The average molecular weight is 309 g/mol. The number of anilines is 1. The van der Waals surface area contributed by atoms with E-state index in [1.807, 2.05) is 0 Å². The first-order chi connectivity index (χ1) is 9.76. The van der Waals surface area contributed by atoms with Gasteiger partial charge in [0.2, 0.25) is 0 Å². The molecule has 0 heterocycles. The summed E-state index contributed by atoms with van der Waals surface area (Å²) in [5.41, 5.74) is 17.1. The minimum Gasteiger partial charge on any atom is -0.480 e. The fraction of sp³-hybridized carbons (Fsp3) is 0.154. The Hall–Kier alpha value is -2.16. The van der Waals surface area contributed by atoms with Gasteiger partial charge in [-0.25, -0.2) is 8.42 Å². The van der Waals surface area contributed by atoms with E-state index in [0.29, 0.717) is 16.5 Å². The first-order valence-electron chi connectivity index (χ1n) is 6.02. The lowest BCUT2D eigenvalue weighted by Crippen LogP contribution is -2.51. The molecule has 0 saturated carbocycles. The van der Waals surface area contributed by atoms with Crippen LogP contribution in [0.4, 0.5) is 5.69 Å². The molecule has 8 heteroatoms. The number of carbonyl (C=O) groups is 1. The molecule has 21 heavy (non-hydrogen) atoms. The molecular formula is C13H15N3O4S. The Bertz CT molecular complexity index is 804. The summed E-state index contributed by atoms with van der Waals surface area (Å²) in [4.78, 5) is 10.8. The van der Waals surface area contributed by atoms with Crippen molar-refractivity contribution in [3.8, 4) is 0 Å². The van der Waals surface area contributed by atoms with Crippen LogP contribution in [-0.2, 0) is 14.6 Å². The fourth-order valence-electron chi connectivity index (χ4n) is 2.02. The molecule has 0 saturated heterocycles. The Morgan fingerprint density at radius 2 is 1.62 bits per heavy atom. The van der Waals surface area contributed by atoms with E-state index in [2.05, 4.69) is 0 Å². The fourth-order valence-corrected chi connectivity index (χ4v) is 3.56. The lowest BCUT2D eigenvalue weighted by molar-refractivity contribution is -0.138. The predicted molar refractivity (Wildman–Crippen MR) is 79.1 cm³/mol. The summed E-state index contributed by atoms with van der Waals surface area (Å²) in [5, 5.41) is 8.01. The summed E-state index contributed by atoms with van der Waals surface area (Å²) >= 11 is 0. The zero-order chi connectivity index (χ0) is 15.8. The van der Waals surface area contributed by atoms with Gasteiger partial charge < -0.3 is 22.3 Å². The van der Waals surface area contributed by atoms with E-state index in [0.717, 1.165) is 0 Å². The standard InChI is InChI=1S/C13H15N3O4S/c14-9-5-6-10(8-4-2-1-3-7(8)9)21(19,20)12(16)11(15)13(17)18/h1-6,11-12H,14-16H2,(H,17,18). The van der Waals surface area contributed by atoms with Gasteiger partial charge in [-0.3, -0.25) is 4.79 Å². The molecule has 112 valence electrons. The molecule has 7 N–H and O–H groups in total. The first-order valence-corrected chi connectivity index (χ1v) is 7.56. The largest absolute Gasteiger partial charge is 0.480 e. The minimum absolute atomic E-state index is 0.0866. The summed E-state index contributed by atoms with van der Waals surface area (Å²) in [6.45, 7) is 0. The van der Waals surface area contributed by atoms with Gasteiger partial charge in [-0.15, -0.1) is 0 Å². The number of carboxylic acid groups (broad SMARTS) is 1. The van der Waals surface area contributed by atoms with Gasteiger partial charge in [0.25, 0.3) is 0 Å². The number of sulfone groups is 1. The second-order valence-electron chi connectivity index (χ2n) is 4.57. The number of rotatable bonds is 4. The lowest BCUT2D eigenvalue weighted by Gasteiger charge is -2.18. The monoisotopic (exact) mass is 309 g/mol. The van der Waals surface area contributed by atoms with Crippen LogP contribution in [0.2, 0.25) is 0 Å². The van der Waals surface area contributed by atoms with Crippen LogP contribution in [0.1, 0.15) is 0 Å². The SMILES string of the molecule is Nc1ccc(S(=O)(=O)C(N)C(N)C(=O)O)c2ccccc12. The maximum Gasteiger partial charge on any atom is 0.323 e. The number of nitrogen functional groups attached to an aromatic ring is 1. The number of carboxylic acids is 1. The predicted octanol–water partition coefficient (Wildman–Crippen LogP) is -0.108. The molecule has 0 aromatic heterocycles. The summed E-state index contributed by atoms with van der Waals surface area (Å²) in [7, 11) is -4.11. The molecule has 2 aromatic carbocycles. The minimum atomic E-state index is -4.11. The van der Waals surface area contributed by atoms with Crippen molar-refractivity contribution in [2.75, 3.05) is 5.73 Å². The zero-order valence-electron chi connectivity index (χ0n) is 10.9. The number of fused-ring (bicyclic) bond motifs is 1.